The third-order valence-electron chi connectivity index (χ3n) is 4.98. The number of carbonyl (C=O) groups is 2. The number of nitrogens with two attached hydrogens (primary N) is 1. The number of hydrogen-bond donors (Lipinski definition) is 2. The van der Waals surface area contributed by atoms with E-state index in [2.05, 4.69) is 0 Å². The average molecular weight is 513 g/mol. The van der Waals surface area contributed by atoms with Gasteiger partial charge in [0.2, 0.25) is 5.91 Å². The van der Waals surface area contributed by atoms with Gasteiger partial charge in [-0.05, 0) is 53.9 Å². The van der Waals surface area contributed by atoms with Gasteiger partial charge in [0.1, 0.15) is 12.4 Å². The number of carbonyl (C=O) groups excluding carboxylic acids is 1. The predicted molar refractivity (Wildman–Crippen MR) is 111 cm³/mol. The molecule has 13 heteroatoms. The van der Waals surface area contributed by atoms with Gasteiger partial charge in [-0.1, -0.05) is 0 Å². The number of carboxylic acids is 1. The number of amides is 1. The molecule has 0 aliphatic carbocycles. The molecule has 6 nitrogen and oxygen atoms in total. The number of fused-ring (bicyclic) bond motifs is 1. The summed E-state index contributed by atoms with van der Waals surface area (Å²) in [6, 6.07) is 4.41. The van der Waals surface area contributed by atoms with E-state index in [0.717, 1.165) is 0 Å². The first-order chi connectivity index (χ1) is 15.3. The smallest absolute Gasteiger partial charge is 0.416 e. The molecule has 1 atom stereocenters. The highest BCUT2D eigenvalue weighted by Crippen LogP contribution is 2.37. The quantitative estimate of drug-likeness (QED) is 0.559. The van der Waals surface area contributed by atoms with Crippen LogP contribution in [0.25, 0.3) is 0 Å². The second-order valence-electron chi connectivity index (χ2n) is 7.44. The zero-order valence-corrected chi connectivity index (χ0v) is 18.1. The van der Waals surface area contributed by atoms with Gasteiger partial charge in [0.05, 0.1) is 23.6 Å². The van der Waals surface area contributed by atoms with Crippen LogP contribution in [0.2, 0.25) is 0 Å². The Balaban J connectivity index is 0.00000408. The minimum absolute atomic E-state index is 0. The van der Waals surface area contributed by atoms with E-state index < -0.39 is 54.4 Å². The van der Waals surface area contributed by atoms with E-state index in [1.54, 1.807) is 0 Å². The van der Waals surface area contributed by atoms with Crippen molar-refractivity contribution >= 4 is 30.0 Å². The molecule has 1 heterocycles. The molecule has 0 saturated heterocycles. The summed E-state index contributed by atoms with van der Waals surface area (Å²) in [7, 11) is 0. The van der Waals surface area contributed by atoms with Gasteiger partial charge in [0.25, 0.3) is 0 Å². The summed E-state index contributed by atoms with van der Waals surface area (Å²) in [5.74, 6) is -1.61. The SMILES string of the molecule is Cl.NC(CC(=O)O)C(=O)N1CCc2cc(OCc3cc(C(F)(F)F)cc(C(F)(F)F)c3)ccc21. The third kappa shape index (κ3) is 6.32. The van der Waals surface area contributed by atoms with E-state index in [1.807, 2.05) is 0 Å². The first-order valence-electron chi connectivity index (χ1n) is 9.58. The molecule has 1 amide bonds. The van der Waals surface area contributed by atoms with Gasteiger partial charge in [-0.3, -0.25) is 9.59 Å². The van der Waals surface area contributed by atoms with Crippen molar-refractivity contribution in [2.75, 3.05) is 11.4 Å². The third-order valence-corrected chi connectivity index (χ3v) is 4.98. The summed E-state index contributed by atoms with van der Waals surface area (Å²) in [6.07, 6.45) is -10.1. The highest BCUT2D eigenvalue weighted by Gasteiger charge is 2.37. The summed E-state index contributed by atoms with van der Waals surface area (Å²) in [4.78, 5) is 24.5. The largest absolute Gasteiger partial charge is 0.489 e. The number of ether oxygens (including phenoxy) is 1. The van der Waals surface area contributed by atoms with Gasteiger partial charge in [0.15, 0.2) is 0 Å². The van der Waals surface area contributed by atoms with Crippen LogP contribution >= 0.6 is 12.4 Å². The average Bonchev–Trinajstić information content (AvgIpc) is 3.12. The Labute approximate surface area is 195 Å². The Hall–Kier alpha value is -2.99. The van der Waals surface area contributed by atoms with Crippen molar-refractivity contribution in [2.45, 2.75) is 37.8 Å². The molecule has 0 bridgehead atoms. The number of anilines is 1. The van der Waals surface area contributed by atoms with Crippen molar-refractivity contribution in [3.8, 4) is 5.75 Å². The summed E-state index contributed by atoms with van der Waals surface area (Å²) in [5.41, 5.74) is 3.57. The van der Waals surface area contributed by atoms with Gasteiger partial charge in [-0.2, -0.15) is 26.3 Å². The zero-order chi connectivity index (χ0) is 24.6. The van der Waals surface area contributed by atoms with Gasteiger partial charge in [-0.25, -0.2) is 0 Å². The maximum Gasteiger partial charge on any atom is 0.416 e. The number of halogens is 7. The number of hydrogen-bond acceptors (Lipinski definition) is 4. The van der Waals surface area contributed by atoms with E-state index in [4.69, 9.17) is 15.6 Å². The van der Waals surface area contributed by atoms with E-state index in [9.17, 15) is 35.9 Å². The Kier molecular flexibility index (Phi) is 8.10. The Morgan fingerprint density at radius 1 is 1.03 bits per heavy atom. The molecular weight excluding hydrogens is 494 g/mol. The van der Waals surface area contributed by atoms with Crippen LogP contribution < -0.4 is 15.4 Å². The maximum atomic E-state index is 13.0. The topological polar surface area (TPSA) is 92.9 Å². The molecule has 0 fully saturated rings. The molecule has 186 valence electrons. The van der Waals surface area contributed by atoms with Crippen LogP contribution in [0.15, 0.2) is 36.4 Å². The molecule has 1 aliphatic rings. The second-order valence-corrected chi connectivity index (χ2v) is 7.44. The van der Waals surface area contributed by atoms with Crippen molar-refractivity contribution in [3.63, 3.8) is 0 Å². The Morgan fingerprint density at radius 2 is 1.62 bits per heavy atom. The minimum Gasteiger partial charge on any atom is -0.489 e. The number of aliphatic carboxylic acids is 1. The summed E-state index contributed by atoms with van der Waals surface area (Å²) < 4.78 is 83.4. The fraction of sp³-hybridized carbons (Fsp3) is 0.333. The van der Waals surface area contributed by atoms with Crippen LogP contribution in [0.3, 0.4) is 0 Å². The number of carboxylic acid groups (broad SMARTS) is 1. The molecule has 1 aliphatic heterocycles. The van der Waals surface area contributed by atoms with Gasteiger partial charge < -0.3 is 20.5 Å². The van der Waals surface area contributed by atoms with Crippen LogP contribution in [0.4, 0.5) is 32.0 Å². The van der Waals surface area contributed by atoms with Crippen molar-refractivity contribution in [1.82, 2.24) is 0 Å². The van der Waals surface area contributed by atoms with Crippen LogP contribution in [-0.2, 0) is 35.0 Å². The molecule has 3 N–H and O–H groups in total. The van der Waals surface area contributed by atoms with Crippen LogP contribution in [0.1, 0.15) is 28.7 Å². The van der Waals surface area contributed by atoms with Crippen LogP contribution in [0.5, 0.6) is 5.75 Å². The molecule has 1 unspecified atom stereocenters. The molecule has 2 aromatic rings. The van der Waals surface area contributed by atoms with Crippen molar-refractivity contribution < 1.29 is 45.8 Å². The summed E-state index contributed by atoms with van der Waals surface area (Å²) in [6.45, 7) is -0.300. The molecular formula is C21H19ClF6N2O4. The second kappa shape index (κ2) is 10.1. The van der Waals surface area contributed by atoms with Gasteiger partial charge >= 0.3 is 18.3 Å². The van der Waals surface area contributed by atoms with Crippen molar-refractivity contribution in [3.05, 3.63) is 58.7 Å². The first kappa shape index (κ1) is 27.3. The predicted octanol–water partition coefficient (Wildman–Crippen LogP) is 4.42. The normalized spacial score (nSPS) is 14.3. The van der Waals surface area contributed by atoms with E-state index in [-0.39, 0.29) is 36.3 Å². The van der Waals surface area contributed by atoms with Gasteiger partial charge in [0, 0.05) is 12.2 Å². The standard InChI is InChI=1S/C21H18F6N2O4.ClH/c22-20(23,24)13-5-11(6-14(8-13)21(25,26)27)10-33-15-1-2-17-12(7-15)3-4-29(17)19(32)16(28)9-18(30)31;/h1-2,5-8,16H,3-4,9-10,28H2,(H,30,31);1H. The lowest BCUT2D eigenvalue weighted by molar-refractivity contribution is -0.143. The molecule has 0 radical (unpaired) electrons. The molecule has 3 rings (SSSR count). The van der Waals surface area contributed by atoms with Crippen LogP contribution in [0, 0.1) is 0 Å². The van der Waals surface area contributed by atoms with Crippen molar-refractivity contribution in [2.24, 2.45) is 5.73 Å². The Bertz CT molecular complexity index is 1040. The van der Waals surface area contributed by atoms with E-state index in [1.165, 1.54) is 23.1 Å². The molecule has 0 spiro atoms. The maximum absolute atomic E-state index is 13.0. The van der Waals surface area contributed by atoms with E-state index >= 15 is 0 Å². The highest BCUT2D eigenvalue weighted by atomic mass is 35.5. The monoisotopic (exact) mass is 512 g/mol. The Morgan fingerprint density at radius 3 is 2.15 bits per heavy atom. The molecule has 0 saturated carbocycles. The zero-order valence-electron chi connectivity index (χ0n) is 17.2. The fourth-order valence-corrected chi connectivity index (χ4v) is 3.44. The number of alkyl halides is 6. The minimum atomic E-state index is -4.96. The summed E-state index contributed by atoms with van der Waals surface area (Å²) in [5, 5.41) is 8.79. The highest BCUT2D eigenvalue weighted by molar-refractivity contribution is 6.00. The first-order valence-corrected chi connectivity index (χ1v) is 9.58. The fourth-order valence-electron chi connectivity index (χ4n) is 3.44. The molecule has 2 aromatic carbocycles. The van der Waals surface area contributed by atoms with Gasteiger partial charge in [-0.15, -0.1) is 12.4 Å². The lowest BCUT2D eigenvalue weighted by Gasteiger charge is -2.21. The summed E-state index contributed by atoms with van der Waals surface area (Å²) >= 11 is 0. The molecule has 34 heavy (non-hydrogen) atoms. The van der Waals surface area contributed by atoms with Crippen LogP contribution in [-0.4, -0.2) is 29.6 Å². The number of nitrogens with zero attached hydrogens (tertiary/aromatic N) is 1. The number of rotatable bonds is 6. The lowest BCUT2D eigenvalue weighted by atomic mass is 10.1. The van der Waals surface area contributed by atoms with Crippen molar-refractivity contribution in [1.29, 1.82) is 0 Å². The molecule has 0 aromatic heterocycles. The van der Waals surface area contributed by atoms with E-state index in [0.29, 0.717) is 29.8 Å². The number of benzene rings is 2. The lowest BCUT2D eigenvalue weighted by Crippen LogP contribution is -2.44.